The van der Waals surface area contributed by atoms with Crippen LogP contribution in [0.5, 0.6) is 5.75 Å². The van der Waals surface area contributed by atoms with E-state index in [0.29, 0.717) is 17.4 Å². The molecule has 3 nitrogen and oxygen atoms in total. The number of pyridine rings is 1. The Balaban J connectivity index is 2.12. The van der Waals surface area contributed by atoms with Crippen LogP contribution in [0.4, 0.5) is 0 Å². The van der Waals surface area contributed by atoms with Crippen LogP contribution >= 0.6 is 0 Å². The first-order valence-corrected chi connectivity index (χ1v) is 6.93. The molecule has 1 aliphatic rings. The zero-order valence-electron chi connectivity index (χ0n) is 11.3. The molecule has 18 heavy (non-hydrogen) atoms. The highest BCUT2D eigenvalue weighted by Crippen LogP contribution is 2.39. The first kappa shape index (κ1) is 13.3. The number of aliphatic hydroxyl groups excluding tert-OH is 1. The largest absolute Gasteiger partial charge is 0.495 e. The van der Waals surface area contributed by atoms with Gasteiger partial charge in [0.05, 0.1) is 7.11 Å². The van der Waals surface area contributed by atoms with Crippen molar-refractivity contribution in [1.29, 1.82) is 0 Å². The lowest BCUT2D eigenvalue weighted by Crippen LogP contribution is -2.22. The molecule has 1 heterocycles. The minimum Gasteiger partial charge on any atom is -0.495 e. The van der Waals surface area contributed by atoms with Gasteiger partial charge in [-0.05, 0) is 36.8 Å². The van der Waals surface area contributed by atoms with Crippen LogP contribution in [-0.2, 0) is 0 Å². The highest BCUT2D eigenvalue weighted by atomic mass is 16.5. The van der Waals surface area contributed by atoms with Gasteiger partial charge in [-0.1, -0.05) is 26.2 Å². The van der Waals surface area contributed by atoms with Gasteiger partial charge >= 0.3 is 0 Å². The minimum atomic E-state index is -0.490. The van der Waals surface area contributed by atoms with Crippen molar-refractivity contribution in [2.24, 2.45) is 11.8 Å². The van der Waals surface area contributed by atoms with Crippen LogP contribution in [0.25, 0.3) is 0 Å². The Morgan fingerprint density at radius 2 is 2.33 bits per heavy atom. The van der Waals surface area contributed by atoms with Crippen LogP contribution in [0.1, 0.15) is 50.8 Å². The highest BCUT2D eigenvalue weighted by Gasteiger charge is 2.29. The molecule has 1 aromatic rings. The van der Waals surface area contributed by atoms with Gasteiger partial charge in [0.1, 0.15) is 17.5 Å². The number of rotatable bonds is 4. The van der Waals surface area contributed by atoms with Gasteiger partial charge in [0.15, 0.2) is 0 Å². The molecule has 0 saturated heterocycles. The summed E-state index contributed by atoms with van der Waals surface area (Å²) < 4.78 is 5.29. The van der Waals surface area contributed by atoms with Gasteiger partial charge in [-0.2, -0.15) is 0 Å². The Bertz CT molecular complexity index is 381. The molecule has 100 valence electrons. The van der Waals surface area contributed by atoms with Crippen molar-refractivity contribution in [1.82, 2.24) is 4.98 Å². The van der Waals surface area contributed by atoms with Crippen molar-refractivity contribution >= 4 is 0 Å². The molecular weight excluding hydrogens is 226 g/mol. The lowest BCUT2D eigenvalue weighted by Gasteiger charge is -2.31. The molecule has 0 radical (unpaired) electrons. The van der Waals surface area contributed by atoms with E-state index in [-0.39, 0.29) is 0 Å². The number of hydrogen-bond donors (Lipinski definition) is 1. The summed E-state index contributed by atoms with van der Waals surface area (Å²) in [6.45, 7) is 2.24. The fourth-order valence-corrected chi connectivity index (χ4v) is 3.01. The number of ether oxygens (including phenoxy) is 1. The van der Waals surface area contributed by atoms with E-state index in [4.69, 9.17) is 4.74 Å². The third-order valence-corrected chi connectivity index (χ3v) is 4.15. The highest BCUT2D eigenvalue weighted by molar-refractivity contribution is 5.29. The van der Waals surface area contributed by atoms with Crippen molar-refractivity contribution in [3.8, 4) is 5.75 Å². The summed E-state index contributed by atoms with van der Waals surface area (Å²) in [5.41, 5.74) is 0.696. The Morgan fingerprint density at radius 1 is 1.50 bits per heavy atom. The van der Waals surface area contributed by atoms with E-state index in [2.05, 4.69) is 11.9 Å². The Labute approximate surface area is 109 Å². The number of nitrogens with zero attached hydrogens (tertiary/aromatic N) is 1. The SMILES string of the molecule is CCC1CCCC(C(O)c2ncccc2OC)C1. The number of methoxy groups -OCH3 is 1. The third kappa shape index (κ3) is 2.83. The molecule has 0 bridgehead atoms. The van der Waals surface area contributed by atoms with Crippen molar-refractivity contribution in [2.75, 3.05) is 7.11 Å². The molecule has 0 spiro atoms. The topological polar surface area (TPSA) is 42.4 Å². The maximum Gasteiger partial charge on any atom is 0.143 e. The Morgan fingerprint density at radius 3 is 3.06 bits per heavy atom. The number of aliphatic hydroxyl groups is 1. The number of aromatic nitrogens is 1. The van der Waals surface area contributed by atoms with Gasteiger partial charge in [0.25, 0.3) is 0 Å². The predicted molar refractivity (Wildman–Crippen MR) is 71.5 cm³/mol. The lowest BCUT2D eigenvalue weighted by atomic mass is 9.77. The van der Waals surface area contributed by atoms with Crippen LogP contribution in [0.2, 0.25) is 0 Å². The number of hydrogen-bond acceptors (Lipinski definition) is 3. The van der Waals surface area contributed by atoms with Crippen molar-refractivity contribution < 1.29 is 9.84 Å². The maximum absolute atomic E-state index is 10.5. The zero-order valence-corrected chi connectivity index (χ0v) is 11.3. The van der Waals surface area contributed by atoms with E-state index in [0.717, 1.165) is 18.8 Å². The second-order valence-electron chi connectivity index (χ2n) is 5.24. The standard InChI is InChI=1S/C15H23NO2/c1-3-11-6-4-7-12(10-11)15(17)14-13(18-2)8-5-9-16-14/h5,8-9,11-12,15,17H,3-4,6-7,10H2,1-2H3. The van der Waals surface area contributed by atoms with E-state index < -0.39 is 6.10 Å². The molecule has 1 aromatic heterocycles. The fraction of sp³-hybridized carbons (Fsp3) is 0.667. The molecule has 3 unspecified atom stereocenters. The van der Waals surface area contributed by atoms with Crippen LogP contribution in [0.15, 0.2) is 18.3 Å². The smallest absolute Gasteiger partial charge is 0.143 e. The van der Waals surface area contributed by atoms with Gasteiger partial charge in [0, 0.05) is 6.20 Å². The summed E-state index contributed by atoms with van der Waals surface area (Å²) in [5, 5.41) is 10.5. The molecule has 1 saturated carbocycles. The summed E-state index contributed by atoms with van der Waals surface area (Å²) in [6.07, 6.45) is 7.17. The summed E-state index contributed by atoms with van der Waals surface area (Å²) in [5.74, 6) is 1.78. The van der Waals surface area contributed by atoms with Gasteiger partial charge in [-0.25, -0.2) is 0 Å². The molecule has 1 aliphatic carbocycles. The van der Waals surface area contributed by atoms with E-state index >= 15 is 0 Å². The Hall–Kier alpha value is -1.09. The normalized spacial score (nSPS) is 25.7. The van der Waals surface area contributed by atoms with E-state index in [9.17, 15) is 5.11 Å². The van der Waals surface area contributed by atoms with Crippen LogP contribution in [0, 0.1) is 11.8 Å². The average molecular weight is 249 g/mol. The first-order chi connectivity index (χ1) is 8.76. The van der Waals surface area contributed by atoms with E-state index in [1.54, 1.807) is 13.3 Å². The molecular formula is C15H23NO2. The van der Waals surface area contributed by atoms with Crippen molar-refractivity contribution in [2.45, 2.75) is 45.1 Å². The van der Waals surface area contributed by atoms with Crippen LogP contribution in [0.3, 0.4) is 0 Å². The first-order valence-electron chi connectivity index (χ1n) is 6.93. The van der Waals surface area contributed by atoms with E-state index in [1.807, 2.05) is 12.1 Å². The quantitative estimate of drug-likeness (QED) is 0.890. The van der Waals surface area contributed by atoms with Crippen LogP contribution < -0.4 is 4.74 Å². The van der Waals surface area contributed by atoms with Gasteiger partial charge in [0.2, 0.25) is 0 Å². The van der Waals surface area contributed by atoms with Gasteiger partial charge in [-0.3, -0.25) is 4.98 Å². The van der Waals surface area contributed by atoms with Gasteiger partial charge in [-0.15, -0.1) is 0 Å². The van der Waals surface area contributed by atoms with Crippen LogP contribution in [-0.4, -0.2) is 17.2 Å². The molecule has 3 atom stereocenters. The molecule has 1 N–H and O–H groups in total. The molecule has 0 aliphatic heterocycles. The van der Waals surface area contributed by atoms with Crippen molar-refractivity contribution in [3.63, 3.8) is 0 Å². The second kappa shape index (κ2) is 6.19. The minimum absolute atomic E-state index is 0.326. The molecule has 2 rings (SSSR count). The lowest BCUT2D eigenvalue weighted by molar-refractivity contribution is 0.0624. The Kier molecular flexibility index (Phi) is 4.59. The maximum atomic E-state index is 10.5. The zero-order chi connectivity index (χ0) is 13.0. The molecule has 3 heteroatoms. The molecule has 0 aromatic carbocycles. The molecule has 0 amide bonds. The fourth-order valence-electron chi connectivity index (χ4n) is 3.01. The third-order valence-electron chi connectivity index (χ3n) is 4.15. The summed E-state index contributed by atoms with van der Waals surface area (Å²) >= 11 is 0. The van der Waals surface area contributed by atoms with Crippen molar-refractivity contribution in [3.05, 3.63) is 24.0 Å². The average Bonchev–Trinajstić information content (AvgIpc) is 2.46. The summed E-state index contributed by atoms with van der Waals surface area (Å²) in [7, 11) is 1.63. The van der Waals surface area contributed by atoms with E-state index in [1.165, 1.54) is 19.3 Å². The monoisotopic (exact) mass is 249 g/mol. The summed E-state index contributed by atoms with van der Waals surface area (Å²) in [4.78, 5) is 4.30. The summed E-state index contributed by atoms with van der Waals surface area (Å²) in [6, 6.07) is 3.70. The second-order valence-corrected chi connectivity index (χ2v) is 5.24. The molecule has 1 fully saturated rings. The predicted octanol–water partition coefficient (Wildman–Crippen LogP) is 3.34. The van der Waals surface area contributed by atoms with Gasteiger partial charge < -0.3 is 9.84 Å².